The molecule has 2 saturated carbocycles. The number of amides is 1. The lowest BCUT2D eigenvalue weighted by Gasteiger charge is -2.33. The number of carbonyl (C=O) groups excluding carboxylic acids is 1. The van der Waals surface area contributed by atoms with E-state index < -0.39 is 0 Å². The predicted octanol–water partition coefficient (Wildman–Crippen LogP) is 1.71. The molecule has 0 bridgehead atoms. The second kappa shape index (κ2) is 6.92. The third kappa shape index (κ3) is 3.56. The molecule has 2 aliphatic carbocycles. The van der Waals surface area contributed by atoms with Crippen molar-refractivity contribution in [1.29, 1.82) is 0 Å². The maximum absolute atomic E-state index is 12.1. The number of hydrogen-bond donors (Lipinski definition) is 2. The molecule has 1 amide bonds. The molecular formula is C18H23N5O2. The highest BCUT2D eigenvalue weighted by atomic mass is 16.3. The van der Waals surface area contributed by atoms with Crippen molar-refractivity contribution in [3.8, 4) is 11.4 Å². The van der Waals surface area contributed by atoms with E-state index in [1.807, 2.05) is 30.3 Å². The van der Waals surface area contributed by atoms with Gasteiger partial charge in [-0.3, -0.25) is 4.79 Å². The van der Waals surface area contributed by atoms with Gasteiger partial charge in [0.15, 0.2) is 0 Å². The fraction of sp³-hybridized carbons (Fsp3) is 0.556. The molecule has 132 valence electrons. The first-order valence-corrected chi connectivity index (χ1v) is 9.02. The van der Waals surface area contributed by atoms with Crippen molar-refractivity contribution < 1.29 is 9.90 Å². The number of nitrogens with one attached hydrogen (secondary N) is 1. The van der Waals surface area contributed by atoms with Gasteiger partial charge in [-0.1, -0.05) is 30.3 Å². The minimum Gasteiger partial charge on any atom is -0.393 e. The summed E-state index contributed by atoms with van der Waals surface area (Å²) in [6, 6.07) is 10.3. The normalized spacial score (nSPS) is 29.0. The third-order valence-corrected chi connectivity index (χ3v) is 5.31. The summed E-state index contributed by atoms with van der Waals surface area (Å²) in [6.45, 7) is 0. The van der Waals surface area contributed by atoms with Crippen LogP contribution in [0.15, 0.2) is 30.3 Å². The summed E-state index contributed by atoms with van der Waals surface area (Å²) < 4.78 is 0. The highest BCUT2D eigenvalue weighted by Crippen LogP contribution is 2.30. The molecule has 0 unspecified atom stereocenters. The molecule has 2 N–H and O–H groups in total. The van der Waals surface area contributed by atoms with Crippen LogP contribution in [0.3, 0.4) is 0 Å². The molecule has 7 nitrogen and oxygen atoms in total. The number of hydrogen-bond acceptors (Lipinski definition) is 5. The topological polar surface area (TPSA) is 92.9 Å². The third-order valence-electron chi connectivity index (χ3n) is 5.31. The molecule has 2 fully saturated rings. The van der Waals surface area contributed by atoms with Crippen LogP contribution in [0.5, 0.6) is 0 Å². The Balaban J connectivity index is 1.30. The largest absolute Gasteiger partial charge is 0.393 e. The van der Waals surface area contributed by atoms with Crippen LogP contribution in [-0.2, 0) is 4.79 Å². The Morgan fingerprint density at radius 3 is 2.52 bits per heavy atom. The SMILES string of the molecule is O=C(NC1CCC(n2nnc(-c3ccccc3)n2)CC1)C1CC(O)C1. The van der Waals surface area contributed by atoms with Crippen LogP contribution >= 0.6 is 0 Å². The number of nitrogens with zero attached hydrogens (tertiary/aromatic N) is 4. The number of aliphatic hydroxyl groups is 1. The van der Waals surface area contributed by atoms with Gasteiger partial charge in [0.1, 0.15) is 0 Å². The smallest absolute Gasteiger partial charge is 0.223 e. The number of carbonyl (C=O) groups is 1. The van der Waals surface area contributed by atoms with Gasteiger partial charge in [-0.15, -0.1) is 10.2 Å². The Kier molecular flexibility index (Phi) is 4.48. The zero-order chi connectivity index (χ0) is 17.2. The summed E-state index contributed by atoms with van der Waals surface area (Å²) in [5.74, 6) is 0.747. The number of aromatic nitrogens is 4. The van der Waals surface area contributed by atoms with E-state index in [0.29, 0.717) is 18.7 Å². The first kappa shape index (κ1) is 16.2. The van der Waals surface area contributed by atoms with Crippen LogP contribution < -0.4 is 5.32 Å². The highest BCUT2D eigenvalue weighted by Gasteiger charge is 2.34. The van der Waals surface area contributed by atoms with Crippen molar-refractivity contribution in [3.63, 3.8) is 0 Å². The van der Waals surface area contributed by atoms with Gasteiger partial charge in [0, 0.05) is 17.5 Å². The van der Waals surface area contributed by atoms with Crippen molar-refractivity contribution in [3.05, 3.63) is 30.3 Å². The van der Waals surface area contributed by atoms with Gasteiger partial charge in [-0.05, 0) is 43.7 Å². The van der Waals surface area contributed by atoms with Gasteiger partial charge in [0.25, 0.3) is 0 Å². The van der Waals surface area contributed by atoms with E-state index in [1.165, 1.54) is 0 Å². The van der Waals surface area contributed by atoms with Crippen molar-refractivity contribution in [1.82, 2.24) is 25.5 Å². The Morgan fingerprint density at radius 2 is 1.84 bits per heavy atom. The predicted molar refractivity (Wildman–Crippen MR) is 91.4 cm³/mol. The van der Waals surface area contributed by atoms with E-state index in [-0.39, 0.29) is 30.0 Å². The Bertz CT molecular complexity index is 718. The zero-order valence-electron chi connectivity index (χ0n) is 14.1. The first-order valence-electron chi connectivity index (χ1n) is 9.02. The number of benzene rings is 1. The van der Waals surface area contributed by atoms with Gasteiger partial charge < -0.3 is 10.4 Å². The molecule has 0 spiro atoms. The summed E-state index contributed by atoms with van der Waals surface area (Å²) in [6.07, 6.45) is 4.63. The minimum atomic E-state index is -0.288. The monoisotopic (exact) mass is 341 g/mol. The number of rotatable bonds is 4. The summed E-state index contributed by atoms with van der Waals surface area (Å²) >= 11 is 0. The fourth-order valence-corrected chi connectivity index (χ4v) is 3.65. The zero-order valence-corrected chi connectivity index (χ0v) is 14.1. The summed E-state index contributed by atoms with van der Waals surface area (Å²) in [5, 5.41) is 25.4. The average molecular weight is 341 g/mol. The molecule has 1 heterocycles. The second-order valence-electron chi connectivity index (χ2n) is 7.14. The number of aliphatic hydroxyl groups excluding tert-OH is 1. The van der Waals surface area contributed by atoms with E-state index in [9.17, 15) is 9.90 Å². The average Bonchev–Trinajstić information content (AvgIpc) is 3.10. The Morgan fingerprint density at radius 1 is 1.12 bits per heavy atom. The quantitative estimate of drug-likeness (QED) is 0.883. The van der Waals surface area contributed by atoms with Gasteiger partial charge in [-0.2, -0.15) is 4.80 Å². The molecule has 1 aromatic heterocycles. The molecule has 25 heavy (non-hydrogen) atoms. The lowest BCUT2D eigenvalue weighted by molar-refractivity contribution is -0.132. The maximum Gasteiger partial charge on any atom is 0.223 e. The van der Waals surface area contributed by atoms with E-state index in [4.69, 9.17) is 0 Å². The van der Waals surface area contributed by atoms with Gasteiger partial charge in [0.05, 0.1) is 12.1 Å². The van der Waals surface area contributed by atoms with Crippen molar-refractivity contribution in [2.45, 2.75) is 56.7 Å². The van der Waals surface area contributed by atoms with E-state index in [1.54, 1.807) is 4.80 Å². The van der Waals surface area contributed by atoms with Crippen LogP contribution in [0.1, 0.15) is 44.6 Å². The number of tetrazole rings is 1. The summed E-state index contributed by atoms with van der Waals surface area (Å²) in [4.78, 5) is 13.8. The molecular weight excluding hydrogens is 318 g/mol. The first-order chi connectivity index (χ1) is 12.2. The lowest BCUT2D eigenvalue weighted by atomic mass is 9.81. The minimum absolute atomic E-state index is 0.00173. The van der Waals surface area contributed by atoms with Crippen molar-refractivity contribution >= 4 is 5.91 Å². The molecule has 2 aromatic rings. The van der Waals surface area contributed by atoms with E-state index in [2.05, 4.69) is 20.7 Å². The maximum atomic E-state index is 12.1. The molecule has 0 atom stereocenters. The standard InChI is InChI=1S/C18H23N5O2/c24-16-10-13(11-16)18(25)19-14-6-8-15(9-7-14)23-21-17(20-22-23)12-4-2-1-3-5-12/h1-5,13-16,24H,6-11H2,(H,19,25). The van der Waals surface area contributed by atoms with Gasteiger partial charge in [0.2, 0.25) is 11.7 Å². The Labute approximate surface area is 146 Å². The highest BCUT2D eigenvalue weighted by molar-refractivity contribution is 5.79. The van der Waals surface area contributed by atoms with Crippen LogP contribution in [-0.4, -0.2) is 43.4 Å². The van der Waals surface area contributed by atoms with Gasteiger partial charge >= 0.3 is 0 Å². The van der Waals surface area contributed by atoms with Crippen LogP contribution in [0.25, 0.3) is 11.4 Å². The van der Waals surface area contributed by atoms with E-state index >= 15 is 0 Å². The molecule has 0 aliphatic heterocycles. The van der Waals surface area contributed by atoms with Crippen molar-refractivity contribution in [2.75, 3.05) is 0 Å². The van der Waals surface area contributed by atoms with Crippen molar-refractivity contribution in [2.24, 2.45) is 5.92 Å². The molecule has 1 aromatic carbocycles. The van der Waals surface area contributed by atoms with Crippen LogP contribution in [0.4, 0.5) is 0 Å². The second-order valence-corrected chi connectivity index (χ2v) is 7.14. The van der Waals surface area contributed by atoms with Gasteiger partial charge in [-0.25, -0.2) is 0 Å². The summed E-state index contributed by atoms with van der Waals surface area (Å²) in [5.41, 5.74) is 0.970. The summed E-state index contributed by atoms with van der Waals surface area (Å²) in [7, 11) is 0. The molecule has 7 heteroatoms. The van der Waals surface area contributed by atoms with Crippen LogP contribution in [0, 0.1) is 5.92 Å². The molecule has 0 saturated heterocycles. The van der Waals surface area contributed by atoms with E-state index in [0.717, 1.165) is 31.2 Å². The molecule has 0 radical (unpaired) electrons. The Hall–Kier alpha value is -2.28. The molecule has 4 rings (SSSR count). The van der Waals surface area contributed by atoms with Crippen LogP contribution in [0.2, 0.25) is 0 Å². The molecule has 2 aliphatic rings. The fourth-order valence-electron chi connectivity index (χ4n) is 3.65. The lowest BCUT2D eigenvalue weighted by Crippen LogP contribution is -2.46.